The fourth-order valence-electron chi connectivity index (χ4n) is 2.76. The van der Waals surface area contributed by atoms with Crippen LogP contribution in [0.15, 0.2) is 6.20 Å². The third-order valence-corrected chi connectivity index (χ3v) is 3.75. The Balaban J connectivity index is 1.97. The molecule has 1 aromatic heterocycles. The van der Waals surface area contributed by atoms with Crippen LogP contribution in [0.4, 0.5) is 10.5 Å². The van der Waals surface area contributed by atoms with E-state index in [1.165, 1.54) is 0 Å². The predicted octanol–water partition coefficient (Wildman–Crippen LogP) is 1.70. The SMILES string of the molecule is CCc1nn(C)cc1NC(=O)N1CCCC(CC(=O)O)C1. The van der Waals surface area contributed by atoms with Gasteiger partial charge >= 0.3 is 12.0 Å². The van der Waals surface area contributed by atoms with E-state index in [1.807, 2.05) is 14.0 Å². The van der Waals surface area contributed by atoms with Gasteiger partial charge in [-0.2, -0.15) is 5.10 Å². The molecule has 2 rings (SSSR count). The number of nitrogens with one attached hydrogen (secondary N) is 1. The molecule has 0 saturated carbocycles. The summed E-state index contributed by atoms with van der Waals surface area (Å²) in [6.07, 6.45) is 4.37. The second kappa shape index (κ2) is 6.60. The topological polar surface area (TPSA) is 87.5 Å². The van der Waals surface area contributed by atoms with Crippen molar-refractivity contribution in [1.82, 2.24) is 14.7 Å². The molecule has 0 aliphatic carbocycles. The predicted molar refractivity (Wildman–Crippen MR) is 78.2 cm³/mol. The molecule has 1 aliphatic heterocycles. The van der Waals surface area contributed by atoms with E-state index >= 15 is 0 Å². The highest BCUT2D eigenvalue weighted by atomic mass is 16.4. The molecule has 21 heavy (non-hydrogen) atoms. The van der Waals surface area contributed by atoms with Gasteiger partial charge in [-0.05, 0) is 25.2 Å². The number of aryl methyl sites for hydroxylation is 2. The molecule has 0 bridgehead atoms. The van der Waals surface area contributed by atoms with Crippen LogP contribution in [0.25, 0.3) is 0 Å². The van der Waals surface area contributed by atoms with Crippen molar-refractivity contribution >= 4 is 17.7 Å². The summed E-state index contributed by atoms with van der Waals surface area (Å²) in [6, 6.07) is -0.173. The molecule has 116 valence electrons. The van der Waals surface area contributed by atoms with Crippen molar-refractivity contribution in [1.29, 1.82) is 0 Å². The molecule has 2 amide bonds. The summed E-state index contributed by atoms with van der Waals surface area (Å²) in [5.41, 5.74) is 1.58. The van der Waals surface area contributed by atoms with Gasteiger partial charge in [0.2, 0.25) is 0 Å². The van der Waals surface area contributed by atoms with Crippen LogP contribution in [0.2, 0.25) is 0 Å². The maximum absolute atomic E-state index is 12.3. The van der Waals surface area contributed by atoms with Crippen LogP contribution in [0.3, 0.4) is 0 Å². The Morgan fingerprint density at radius 1 is 1.52 bits per heavy atom. The van der Waals surface area contributed by atoms with E-state index in [2.05, 4.69) is 10.4 Å². The zero-order valence-electron chi connectivity index (χ0n) is 12.5. The lowest BCUT2D eigenvalue weighted by molar-refractivity contribution is -0.138. The van der Waals surface area contributed by atoms with Crippen LogP contribution in [0.5, 0.6) is 0 Å². The molecule has 7 heteroatoms. The molecule has 1 atom stereocenters. The number of carboxylic acid groups (broad SMARTS) is 1. The first-order valence-corrected chi connectivity index (χ1v) is 7.29. The molecule has 1 fully saturated rings. The van der Waals surface area contributed by atoms with Gasteiger partial charge in [0.1, 0.15) is 0 Å². The Morgan fingerprint density at radius 2 is 2.29 bits per heavy atom. The van der Waals surface area contributed by atoms with Gasteiger partial charge in [-0.3, -0.25) is 9.48 Å². The number of piperidine rings is 1. The number of carbonyl (C=O) groups is 2. The van der Waals surface area contributed by atoms with Crippen molar-refractivity contribution in [2.45, 2.75) is 32.6 Å². The van der Waals surface area contributed by atoms with Crippen molar-refractivity contribution in [3.05, 3.63) is 11.9 Å². The lowest BCUT2D eigenvalue weighted by atomic mass is 9.95. The molecule has 1 aromatic rings. The third kappa shape index (κ3) is 3.96. The summed E-state index contributed by atoms with van der Waals surface area (Å²) >= 11 is 0. The Morgan fingerprint density at radius 3 is 2.95 bits per heavy atom. The molecule has 1 unspecified atom stereocenters. The zero-order valence-corrected chi connectivity index (χ0v) is 12.5. The highest BCUT2D eigenvalue weighted by Crippen LogP contribution is 2.21. The third-order valence-electron chi connectivity index (χ3n) is 3.75. The van der Waals surface area contributed by atoms with Crippen LogP contribution in [0, 0.1) is 5.92 Å². The standard InChI is InChI=1S/C14H22N4O3/c1-3-11-12(9-17(2)16-11)15-14(21)18-6-4-5-10(8-18)7-13(19)20/h9-10H,3-8H2,1-2H3,(H,15,21)(H,19,20). The van der Waals surface area contributed by atoms with Crippen molar-refractivity contribution in [3.63, 3.8) is 0 Å². The average molecular weight is 294 g/mol. The first-order valence-electron chi connectivity index (χ1n) is 7.29. The average Bonchev–Trinajstić information content (AvgIpc) is 2.78. The van der Waals surface area contributed by atoms with Gasteiger partial charge in [0, 0.05) is 32.8 Å². The number of aromatic nitrogens is 2. The number of urea groups is 1. The number of aliphatic carboxylic acids is 1. The first-order chi connectivity index (χ1) is 9.99. The fraction of sp³-hybridized carbons (Fsp3) is 0.643. The minimum atomic E-state index is -0.803. The minimum Gasteiger partial charge on any atom is -0.481 e. The van der Waals surface area contributed by atoms with Crippen LogP contribution in [-0.4, -0.2) is 44.9 Å². The van der Waals surface area contributed by atoms with Crippen LogP contribution in [-0.2, 0) is 18.3 Å². The summed E-state index contributed by atoms with van der Waals surface area (Å²) in [7, 11) is 1.82. The number of likely N-dealkylation sites (tertiary alicyclic amines) is 1. The molecule has 0 aromatic carbocycles. The molecular weight excluding hydrogens is 272 g/mol. The van der Waals surface area contributed by atoms with Crippen molar-refractivity contribution < 1.29 is 14.7 Å². The van der Waals surface area contributed by atoms with Crippen LogP contribution in [0.1, 0.15) is 31.9 Å². The van der Waals surface area contributed by atoms with Crippen molar-refractivity contribution in [3.8, 4) is 0 Å². The molecule has 0 radical (unpaired) electrons. The fourth-order valence-corrected chi connectivity index (χ4v) is 2.76. The van der Waals surface area contributed by atoms with Gasteiger partial charge in [-0.1, -0.05) is 6.92 Å². The summed E-state index contributed by atoms with van der Waals surface area (Å²) in [4.78, 5) is 24.8. The zero-order chi connectivity index (χ0) is 15.4. The number of nitrogens with zero attached hydrogens (tertiary/aromatic N) is 3. The maximum Gasteiger partial charge on any atom is 0.321 e. The number of rotatable bonds is 4. The van der Waals surface area contributed by atoms with Crippen LogP contribution < -0.4 is 5.32 Å². The van der Waals surface area contributed by atoms with E-state index in [0.29, 0.717) is 13.1 Å². The minimum absolute atomic E-state index is 0.0431. The highest BCUT2D eigenvalue weighted by Gasteiger charge is 2.25. The van der Waals surface area contributed by atoms with Crippen molar-refractivity contribution in [2.75, 3.05) is 18.4 Å². The lowest BCUT2D eigenvalue weighted by Gasteiger charge is -2.32. The summed E-state index contributed by atoms with van der Waals surface area (Å²) < 4.78 is 1.68. The normalized spacial score (nSPS) is 18.6. The maximum atomic E-state index is 12.3. The van der Waals surface area contributed by atoms with E-state index in [4.69, 9.17) is 5.11 Å². The van der Waals surface area contributed by atoms with Gasteiger partial charge < -0.3 is 15.3 Å². The first kappa shape index (κ1) is 15.3. The smallest absolute Gasteiger partial charge is 0.321 e. The quantitative estimate of drug-likeness (QED) is 0.884. The number of carbonyl (C=O) groups excluding carboxylic acids is 1. The van der Waals surface area contributed by atoms with E-state index < -0.39 is 5.97 Å². The van der Waals surface area contributed by atoms with E-state index in [9.17, 15) is 9.59 Å². The second-order valence-corrected chi connectivity index (χ2v) is 5.50. The number of carboxylic acids is 1. The molecular formula is C14H22N4O3. The van der Waals surface area contributed by atoms with Crippen molar-refractivity contribution in [2.24, 2.45) is 13.0 Å². The molecule has 2 N–H and O–H groups in total. The van der Waals surface area contributed by atoms with Gasteiger partial charge in [0.15, 0.2) is 0 Å². The molecule has 1 aliphatic rings. The number of anilines is 1. The number of hydrogen-bond acceptors (Lipinski definition) is 3. The highest BCUT2D eigenvalue weighted by molar-refractivity contribution is 5.89. The molecule has 1 saturated heterocycles. The van der Waals surface area contributed by atoms with E-state index in [1.54, 1.807) is 15.8 Å². The Labute approximate surface area is 123 Å². The Bertz CT molecular complexity index is 526. The van der Waals surface area contributed by atoms with Gasteiger partial charge in [-0.15, -0.1) is 0 Å². The van der Waals surface area contributed by atoms with Gasteiger partial charge in [0.05, 0.1) is 11.4 Å². The second-order valence-electron chi connectivity index (χ2n) is 5.50. The van der Waals surface area contributed by atoms with E-state index in [-0.39, 0.29) is 18.4 Å². The van der Waals surface area contributed by atoms with Gasteiger partial charge in [0.25, 0.3) is 0 Å². The summed E-state index contributed by atoms with van der Waals surface area (Å²) in [5, 5.41) is 16.0. The monoisotopic (exact) mass is 294 g/mol. The largest absolute Gasteiger partial charge is 0.481 e. The van der Waals surface area contributed by atoms with Gasteiger partial charge in [-0.25, -0.2) is 4.79 Å². The summed E-state index contributed by atoms with van der Waals surface area (Å²) in [5.74, 6) is -0.760. The molecule has 2 heterocycles. The Kier molecular flexibility index (Phi) is 4.82. The summed E-state index contributed by atoms with van der Waals surface area (Å²) in [6.45, 7) is 3.16. The van der Waals surface area contributed by atoms with E-state index in [0.717, 1.165) is 30.6 Å². The lowest BCUT2D eigenvalue weighted by Crippen LogP contribution is -2.42. The molecule has 0 spiro atoms. The Hall–Kier alpha value is -2.05. The number of amides is 2. The van der Waals surface area contributed by atoms with Crippen LogP contribution >= 0.6 is 0 Å². The number of hydrogen-bond donors (Lipinski definition) is 2. The molecule has 7 nitrogen and oxygen atoms in total.